The number of carbonyl (C=O) groups excluding carboxylic acids is 1. The summed E-state index contributed by atoms with van der Waals surface area (Å²) in [6.07, 6.45) is 2.49. The van der Waals surface area contributed by atoms with Gasteiger partial charge in [-0.1, -0.05) is 25.1 Å². The van der Waals surface area contributed by atoms with Crippen molar-refractivity contribution in [1.82, 2.24) is 9.47 Å². The van der Waals surface area contributed by atoms with E-state index < -0.39 is 11.9 Å². The Hall–Kier alpha value is -2.34. The number of carbonyl (C=O) groups is 2. The van der Waals surface area contributed by atoms with Crippen molar-refractivity contribution in [3.63, 3.8) is 0 Å². The van der Waals surface area contributed by atoms with Crippen molar-refractivity contribution in [3.05, 3.63) is 36.0 Å². The van der Waals surface area contributed by atoms with Gasteiger partial charge < -0.3 is 19.3 Å². The molecule has 0 aliphatic carbocycles. The second-order valence-electron chi connectivity index (χ2n) is 6.21. The van der Waals surface area contributed by atoms with E-state index in [1.54, 1.807) is 11.8 Å². The zero-order valence-corrected chi connectivity index (χ0v) is 15.1. The lowest BCUT2D eigenvalue weighted by atomic mass is 10.1. The average Bonchev–Trinajstić information content (AvgIpc) is 2.94. The summed E-state index contributed by atoms with van der Waals surface area (Å²) in [5, 5.41) is 10.1. The summed E-state index contributed by atoms with van der Waals surface area (Å²) >= 11 is 0. The highest BCUT2D eigenvalue weighted by Crippen LogP contribution is 2.22. The second kappa shape index (κ2) is 8.67. The Kier molecular flexibility index (Phi) is 6.58. The van der Waals surface area contributed by atoms with Gasteiger partial charge in [0.15, 0.2) is 0 Å². The van der Waals surface area contributed by atoms with E-state index in [9.17, 15) is 14.7 Å². The fourth-order valence-electron chi connectivity index (χ4n) is 2.87. The van der Waals surface area contributed by atoms with Crippen molar-refractivity contribution in [2.45, 2.75) is 20.3 Å². The van der Waals surface area contributed by atoms with Gasteiger partial charge in [0.2, 0.25) is 0 Å². The summed E-state index contributed by atoms with van der Waals surface area (Å²) in [6.45, 7) is 5.38. The van der Waals surface area contributed by atoms with Gasteiger partial charge in [0.25, 0.3) is 5.91 Å². The number of rotatable bonds is 9. The number of hydrogen-bond donors (Lipinski definition) is 1. The number of aryl methyl sites for hydroxylation is 1. The summed E-state index contributed by atoms with van der Waals surface area (Å²) in [6, 6.07) is 7.72. The predicted molar refractivity (Wildman–Crippen MR) is 96.7 cm³/mol. The Morgan fingerprint density at radius 3 is 2.72 bits per heavy atom. The van der Waals surface area contributed by atoms with Crippen LogP contribution in [-0.4, -0.2) is 52.8 Å². The standard InChI is InChI=1S/C19H26N2O4/c1-4-25-11-7-10-21(12-14(2)19(23)24)18(22)16-13-20(3)17-9-6-5-8-15(16)17/h5-6,8-9,13-14H,4,7,10-12H2,1-3H3,(H,23,24). The first-order valence-corrected chi connectivity index (χ1v) is 8.59. The van der Waals surface area contributed by atoms with Gasteiger partial charge in [-0.3, -0.25) is 9.59 Å². The smallest absolute Gasteiger partial charge is 0.308 e. The number of nitrogens with zero attached hydrogens (tertiary/aromatic N) is 2. The van der Waals surface area contributed by atoms with E-state index in [0.717, 1.165) is 10.9 Å². The van der Waals surface area contributed by atoms with Gasteiger partial charge in [0.05, 0.1) is 11.5 Å². The van der Waals surface area contributed by atoms with E-state index in [0.29, 0.717) is 31.7 Å². The Balaban J connectivity index is 2.24. The van der Waals surface area contributed by atoms with Crippen LogP contribution in [0.5, 0.6) is 0 Å². The van der Waals surface area contributed by atoms with E-state index >= 15 is 0 Å². The molecule has 0 bridgehead atoms. The van der Waals surface area contributed by atoms with Crippen LogP contribution in [0.2, 0.25) is 0 Å². The maximum atomic E-state index is 13.1. The second-order valence-corrected chi connectivity index (χ2v) is 6.21. The van der Waals surface area contributed by atoms with Crippen LogP contribution in [0.3, 0.4) is 0 Å². The molecular weight excluding hydrogens is 320 g/mol. The van der Waals surface area contributed by atoms with E-state index in [2.05, 4.69) is 0 Å². The van der Waals surface area contributed by atoms with Crippen LogP contribution in [0, 0.1) is 5.92 Å². The van der Waals surface area contributed by atoms with Gasteiger partial charge in [-0.25, -0.2) is 0 Å². The third-order valence-corrected chi connectivity index (χ3v) is 4.25. The number of fused-ring (bicyclic) bond motifs is 1. The Morgan fingerprint density at radius 1 is 1.32 bits per heavy atom. The topological polar surface area (TPSA) is 71.8 Å². The number of carboxylic acids is 1. The SMILES string of the molecule is CCOCCCN(CC(C)C(=O)O)C(=O)c1cn(C)c2ccccc12. The molecule has 0 radical (unpaired) electrons. The molecule has 136 valence electrons. The van der Waals surface area contributed by atoms with Crippen LogP contribution in [0.4, 0.5) is 0 Å². The Morgan fingerprint density at radius 2 is 2.04 bits per heavy atom. The monoisotopic (exact) mass is 346 g/mol. The third-order valence-electron chi connectivity index (χ3n) is 4.25. The molecule has 0 saturated carbocycles. The molecule has 1 unspecified atom stereocenters. The molecule has 1 N–H and O–H groups in total. The van der Waals surface area contributed by atoms with Gasteiger partial charge in [0.1, 0.15) is 0 Å². The lowest BCUT2D eigenvalue weighted by Crippen LogP contribution is -2.38. The number of amides is 1. The van der Waals surface area contributed by atoms with E-state index in [1.807, 2.05) is 49.0 Å². The summed E-state index contributed by atoms with van der Waals surface area (Å²) in [5.74, 6) is -1.66. The molecule has 0 spiro atoms. The molecule has 0 aliphatic rings. The highest BCUT2D eigenvalue weighted by Gasteiger charge is 2.24. The zero-order chi connectivity index (χ0) is 18.4. The van der Waals surface area contributed by atoms with Crippen molar-refractivity contribution in [3.8, 4) is 0 Å². The highest BCUT2D eigenvalue weighted by molar-refractivity contribution is 6.07. The minimum Gasteiger partial charge on any atom is -0.481 e. The molecule has 1 heterocycles. The molecule has 1 aromatic carbocycles. The highest BCUT2D eigenvalue weighted by atomic mass is 16.5. The summed E-state index contributed by atoms with van der Waals surface area (Å²) < 4.78 is 7.26. The molecule has 1 atom stereocenters. The Bertz CT molecular complexity index is 738. The van der Waals surface area contributed by atoms with Crippen LogP contribution < -0.4 is 0 Å². The quantitative estimate of drug-likeness (QED) is 0.709. The maximum absolute atomic E-state index is 13.1. The van der Waals surface area contributed by atoms with Gasteiger partial charge in [0, 0.05) is 50.5 Å². The lowest BCUT2D eigenvalue weighted by Gasteiger charge is -2.24. The van der Waals surface area contributed by atoms with Crippen molar-refractivity contribution in [2.24, 2.45) is 13.0 Å². The van der Waals surface area contributed by atoms with Crippen molar-refractivity contribution in [2.75, 3.05) is 26.3 Å². The molecule has 1 amide bonds. The predicted octanol–water partition coefficient (Wildman–Crippen LogP) is 2.77. The van der Waals surface area contributed by atoms with Crippen LogP contribution in [0.25, 0.3) is 10.9 Å². The minimum atomic E-state index is -0.902. The molecule has 25 heavy (non-hydrogen) atoms. The lowest BCUT2D eigenvalue weighted by molar-refractivity contribution is -0.141. The van der Waals surface area contributed by atoms with Gasteiger partial charge in [-0.15, -0.1) is 0 Å². The minimum absolute atomic E-state index is 0.138. The molecule has 6 nitrogen and oxygen atoms in total. The fourth-order valence-corrected chi connectivity index (χ4v) is 2.87. The first kappa shape index (κ1) is 19.0. The number of aliphatic carboxylic acids is 1. The number of hydrogen-bond acceptors (Lipinski definition) is 3. The number of aromatic nitrogens is 1. The van der Waals surface area contributed by atoms with Crippen molar-refractivity contribution >= 4 is 22.8 Å². The molecule has 2 rings (SSSR count). The van der Waals surface area contributed by atoms with E-state index in [-0.39, 0.29) is 12.5 Å². The Labute approximate surface area is 148 Å². The molecular formula is C19H26N2O4. The normalized spacial score (nSPS) is 12.3. The largest absolute Gasteiger partial charge is 0.481 e. The first-order valence-electron chi connectivity index (χ1n) is 8.59. The molecule has 0 fully saturated rings. The number of benzene rings is 1. The average molecular weight is 346 g/mol. The molecule has 1 aromatic heterocycles. The van der Waals surface area contributed by atoms with Crippen molar-refractivity contribution < 1.29 is 19.4 Å². The summed E-state index contributed by atoms with van der Waals surface area (Å²) in [4.78, 5) is 25.9. The van der Waals surface area contributed by atoms with Crippen LogP contribution in [-0.2, 0) is 16.6 Å². The van der Waals surface area contributed by atoms with Gasteiger partial charge in [-0.2, -0.15) is 0 Å². The zero-order valence-electron chi connectivity index (χ0n) is 15.1. The number of carboxylic acid groups (broad SMARTS) is 1. The van der Waals surface area contributed by atoms with E-state index in [4.69, 9.17) is 4.74 Å². The summed E-state index contributed by atoms with van der Waals surface area (Å²) in [7, 11) is 1.90. The molecule has 0 saturated heterocycles. The van der Waals surface area contributed by atoms with Gasteiger partial charge >= 0.3 is 5.97 Å². The maximum Gasteiger partial charge on any atom is 0.308 e. The van der Waals surface area contributed by atoms with Crippen LogP contribution in [0.15, 0.2) is 30.5 Å². The first-order chi connectivity index (χ1) is 12.0. The van der Waals surface area contributed by atoms with Gasteiger partial charge in [-0.05, 0) is 19.4 Å². The summed E-state index contributed by atoms with van der Waals surface area (Å²) in [5.41, 5.74) is 1.58. The fraction of sp³-hybridized carbons (Fsp3) is 0.474. The number of ether oxygens (including phenoxy) is 1. The van der Waals surface area contributed by atoms with Crippen molar-refractivity contribution in [1.29, 1.82) is 0 Å². The molecule has 2 aromatic rings. The molecule has 6 heteroatoms. The number of para-hydroxylation sites is 1. The van der Waals surface area contributed by atoms with Crippen LogP contribution in [0.1, 0.15) is 30.6 Å². The third kappa shape index (κ3) is 4.60. The van der Waals surface area contributed by atoms with E-state index in [1.165, 1.54) is 0 Å². The van der Waals surface area contributed by atoms with Crippen LogP contribution >= 0.6 is 0 Å². The molecule has 0 aliphatic heterocycles.